The molecule has 3 aromatic rings. The monoisotopic (exact) mass is 483 g/mol. The first-order valence-corrected chi connectivity index (χ1v) is 13.0. The molecule has 1 N–H and O–H groups in total. The van der Waals surface area contributed by atoms with Crippen LogP contribution in [0.25, 0.3) is 11.0 Å². The number of nitrogens with one attached hydrogen (secondary N) is 1. The first kappa shape index (κ1) is 24.2. The summed E-state index contributed by atoms with van der Waals surface area (Å²) in [4.78, 5) is 25.7. The van der Waals surface area contributed by atoms with Crippen LogP contribution < -0.4 is 15.1 Å². The van der Waals surface area contributed by atoms with Gasteiger partial charge in [0.25, 0.3) is 0 Å². The predicted molar refractivity (Wildman–Crippen MR) is 130 cm³/mol. The maximum Gasteiger partial charge on any atom is 0.339 e. The Balaban J connectivity index is 1.64. The standard InChI is InChI=1S/C26H29NO6S/c1-5-16(3)23(27-34(30,31)18-11-9-15(2)10-12-18)26(29)32-22-14-13-20-19-7-6-8-21(19)25(28)33-24(20)17(22)4/h9-14,16,23,27H,5-8H2,1-4H3/t16-,23+/m1/s1. The highest BCUT2D eigenvalue weighted by Gasteiger charge is 2.32. The molecule has 0 saturated carbocycles. The lowest BCUT2D eigenvalue weighted by molar-refractivity contribution is -0.137. The molecule has 4 rings (SSSR count). The molecular formula is C26H29NO6S. The second-order valence-electron chi connectivity index (χ2n) is 8.98. The van der Waals surface area contributed by atoms with Gasteiger partial charge in [0, 0.05) is 16.5 Å². The van der Waals surface area contributed by atoms with Crippen molar-refractivity contribution in [2.75, 3.05) is 0 Å². The Morgan fingerprint density at radius 2 is 1.76 bits per heavy atom. The maximum absolute atomic E-state index is 13.2. The Bertz CT molecular complexity index is 1410. The molecule has 0 bridgehead atoms. The van der Waals surface area contributed by atoms with Crippen molar-refractivity contribution in [3.8, 4) is 5.75 Å². The summed E-state index contributed by atoms with van der Waals surface area (Å²) in [6, 6.07) is 8.80. The molecule has 2 aromatic carbocycles. The second kappa shape index (κ2) is 9.35. The Morgan fingerprint density at radius 3 is 2.44 bits per heavy atom. The van der Waals surface area contributed by atoms with Gasteiger partial charge >= 0.3 is 11.6 Å². The summed E-state index contributed by atoms with van der Waals surface area (Å²) < 4.78 is 39.7. The molecule has 0 fully saturated rings. The van der Waals surface area contributed by atoms with Crippen LogP contribution in [0.2, 0.25) is 0 Å². The van der Waals surface area contributed by atoms with Crippen LogP contribution in [0, 0.1) is 19.8 Å². The van der Waals surface area contributed by atoms with Crippen molar-refractivity contribution < 1.29 is 22.4 Å². The summed E-state index contributed by atoms with van der Waals surface area (Å²) in [5.41, 5.74) is 3.23. The second-order valence-corrected chi connectivity index (χ2v) is 10.7. The molecule has 1 heterocycles. The first-order chi connectivity index (χ1) is 16.1. The van der Waals surface area contributed by atoms with Gasteiger partial charge in [-0.3, -0.25) is 0 Å². The van der Waals surface area contributed by atoms with Gasteiger partial charge in [0.1, 0.15) is 17.4 Å². The smallest absolute Gasteiger partial charge is 0.339 e. The van der Waals surface area contributed by atoms with E-state index in [0.29, 0.717) is 24.0 Å². The van der Waals surface area contributed by atoms with Crippen molar-refractivity contribution in [3.05, 3.63) is 69.1 Å². The summed E-state index contributed by atoms with van der Waals surface area (Å²) in [5, 5.41) is 0.850. The lowest BCUT2D eigenvalue weighted by Crippen LogP contribution is -2.47. The summed E-state index contributed by atoms with van der Waals surface area (Å²) in [6.45, 7) is 7.26. The Morgan fingerprint density at radius 1 is 1.09 bits per heavy atom. The van der Waals surface area contributed by atoms with E-state index in [1.54, 1.807) is 38.1 Å². The molecule has 180 valence electrons. The Kier molecular flexibility index (Phi) is 6.64. The van der Waals surface area contributed by atoms with Gasteiger partial charge in [-0.1, -0.05) is 38.0 Å². The van der Waals surface area contributed by atoms with E-state index < -0.39 is 22.0 Å². The average Bonchev–Trinajstić information content (AvgIpc) is 3.30. The summed E-state index contributed by atoms with van der Waals surface area (Å²) in [6.07, 6.45) is 2.99. The van der Waals surface area contributed by atoms with E-state index in [1.165, 1.54) is 12.1 Å². The van der Waals surface area contributed by atoms with Crippen LogP contribution in [0.1, 0.15) is 48.9 Å². The van der Waals surface area contributed by atoms with Crippen molar-refractivity contribution in [2.24, 2.45) is 5.92 Å². The molecule has 2 atom stereocenters. The zero-order valence-electron chi connectivity index (χ0n) is 19.8. The van der Waals surface area contributed by atoms with Crippen LogP contribution in [0.5, 0.6) is 5.75 Å². The average molecular weight is 484 g/mol. The summed E-state index contributed by atoms with van der Waals surface area (Å²) >= 11 is 0. The zero-order valence-corrected chi connectivity index (χ0v) is 20.6. The van der Waals surface area contributed by atoms with E-state index in [2.05, 4.69) is 4.72 Å². The summed E-state index contributed by atoms with van der Waals surface area (Å²) in [5.74, 6) is -0.785. The molecule has 0 amide bonds. The van der Waals surface area contributed by atoms with Gasteiger partial charge in [-0.2, -0.15) is 4.72 Å². The van der Waals surface area contributed by atoms with Gasteiger partial charge < -0.3 is 9.15 Å². The molecule has 1 aromatic heterocycles. The van der Waals surface area contributed by atoms with Gasteiger partial charge in [-0.05, 0) is 68.9 Å². The molecule has 1 aliphatic carbocycles. The molecule has 34 heavy (non-hydrogen) atoms. The highest BCUT2D eigenvalue weighted by molar-refractivity contribution is 7.89. The number of benzene rings is 2. The minimum Gasteiger partial charge on any atom is -0.425 e. The van der Waals surface area contributed by atoms with Crippen molar-refractivity contribution >= 4 is 27.0 Å². The molecule has 1 aliphatic rings. The topological polar surface area (TPSA) is 103 Å². The number of rotatable bonds is 7. The van der Waals surface area contributed by atoms with Crippen molar-refractivity contribution in [1.82, 2.24) is 4.72 Å². The largest absolute Gasteiger partial charge is 0.425 e. The predicted octanol–water partition coefficient (Wildman–Crippen LogP) is 4.20. The van der Waals surface area contributed by atoms with Crippen LogP contribution in [-0.4, -0.2) is 20.4 Å². The van der Waals surface area contributed by atoms with E-state index >= 15 is 0 Å². The number of fused-ring (bicyclic) bond motifs is 3. The Hall–Kier alpha value is -2.97. The molecular weight excluding hydrogens is 454 g/mol. The number of hydrogen-bond acceptors (Lipinski definition) is 6. The van der Waals surface area contributed by atoms with Crippen LogP contribution in [0.3, 0.4) is 0 Å². The van der Waals surface area contributed by atoms with E-state index in [-0.39, 0.29) is 22.2 Å². The Labute approximate surface area is 199 Å². The van der Waals surface area contributed by atoms with Gasteiger partial charge in [0.2, 0.25) is 10.0 Å². The third-order valence-electron chi connectivity index (χ3n) is 6.63. The van der Waals surface area contributed by atoms with Gasteiger partial charge in [-0.25, -0.2) is 18.0 Å². The van der Waals surface area contributed by atoms with Gasteiger partial charge in [-0.15, -0.1) is 0 Å². The number of sulfonamides is 1. The SMILES string of the molecule is CC[C@@H](C)[C@H](NS(=O)(=O)c1ccc(C)cc1)C(=O)Oc1ccc2c3c(c(=O)oc2c1C)CCC3. The molecule has 8 heteroatoms. The van der Waals surface area contributed by atoms with Gasteiger partial charge in [0.15, 0.2) is 0 Å². The van der Waals surface area contributed by atoms with E-state index in [4.69, 9.17) is 9.15 Å². The minimum atomic E-state index is -3.94. The molecule has 0 spiro atoms. The van der Waals surface area contributed by atoms with E-state index in [9.17, 15) is 18.0 Å². The normalized spacial score (nSPS) is 15.2. The fraction of sp³-hybridized carbons (Fsp3) is 0.385. The highest BCUT2D eigenvalue weighted by Crippen LogP contribution is 2.33. The van der Waals surface area contributed by atoms with Crippen molar-refractivity contribution in [1.29, 1.82) is 0 Å². The summed E-state index contributed by atoms with van der Waals surface area (Å²) in [7, 11) is -3.94. The first-order valence-electron chi connectivity index (χ1n) is 11.5. The fourth-order valence-electron chi connectivity index (χ4n) is 4.33. The molecule has 0 saturated heterocycles. The zero-order chi connectivity index (χ0) is 24.6. The lowest BCUT2D eigenvalue weighted by Gasteiger charge is -2.23. The molecule has 0 radical (unpaired) electrons. The number of hydrogen-bond donors (Lipinski definition) is 1. The third-order valence-corrected chi connectivity index (χ3v) is 8.09. The number of esters is 1. The van der Waals surface area contributed by atoms with Crippen molar-refractivity contribution in [3.63, 3.8) is 0 Å². The number of carbonyl (C=O) groups excluding carboxylic acids is 1. The number of aryl methyl sites for hydroxylation is 3. The van der Waals surface area contributed by atoms with Crippen molar-refractivity contribution in [2.45, 2.75) is 64.3 Å². The third kappa shape index (κ3) is 4.52. The highest BCUT2D eigenvalue weighted by atomic mass is 32.2. The number of carbonyl (C=O) groups is 1. The molecule has 7 nitrogen and oxygen atoms in total. The molecule has 0 unspecified atom stereocenters. The van der Waals surface area contributed by atoms with Crippen LogP contribution in [-0.2, 0) is 27.7 Å². The van der Waals surface area contributed by atoms with E-state index in [1.807, 2.05) is 13.8 Å². The van der Waals surface area contributed by atoms with E-state index in [0.717, 1.165) is 34.9 Å². The molecule has 0 aliphatic heterocycles. The fourth-order valence-corrected chi connectivity index (χ4v) is 5.62. The van der Waals surface area contributed by atoms with Crippen LogP contribution in [0.15, 0.2) is 50.5 Å². The number of ether oxygens (including phenoxy) is 1. The van der Waals surface area contributed by atoms with Crippen LogP contribution in [0.4, 0.5) is 0 Å². The quantitative estimate of drug-likeness (QED) is 0.307. The lowest BCUT2D eigenvalue weighted by atomic mass is 10.0. The minimum absolute atomic E-state index is 0.0803. The van der Waals surface area contributed by atoms with Crippen LogP contribution >= 0.6 is 0 Å². The maximum atomic E-state index is 13.2. The van der Waals surface area contributed by atoms with Gasteiger partial charge in [0.05, 0.1) is 4.90 Å².